The van der Waals surface area contributed by atoms with Gasteiger partial charge >= 0.3 is 0 Å². The largest absolute Gasteiger partial charge is 0.497 e. The molecule has 0 aliphatic rings. The van der Waals surface area contributed by atoms with E-state index in [1.807, 2.05) is 0 Å². The van der Waals surface area contributed by atoms with E-state index >= 15 is 0 Å². The van der Waals surface area contributed by atoms with E-state index in [1.165, 1.54) is 34.5 Å². The van der Waals surface area contributed by atoms with Gasteiger partial charge in [0, 0.05) is 11.6 Å². The number of hydrogen-bond donors (Lipinski definition) is 0. The molecule has 6 nitrogen and oxygen atoms in total. The van der Waals surface area contributed by atoms with Gasteiger partial charge in [-0.3, -0.25) is 4.79 Å². The Labute approximate surface area is 152 Å². The van der Waals surface area contributed by atoms with Crippen molar-refractivity contribution in [2.45, 2.75) is 0 Å². The Bertz CT molecular complexity index is 810. The van der Waals surface area contributed by atoms with Crippen LogP contribution in [0.15, 0.2) is 36.4 Å². The number of benzene rings is 2. The molecule has 0 atom stereocenters. The number of ether oxygens (including phenoxy) is 5. The zero-order valence-corrected chi connectivity index (χ0v) is 15.5. The topological polar surface area (TPSA) is 63.2 Å². The first-order valence-electron chi connectivity index (χ1n) is 7.83. The van der Waals surface area contributed by atoms with Gasteiger partial charge in [0.2, 0.25) is 0 Å². The maximum Gasteiger partial charge on any atom is 0.189 e. The average molecular weight is 358 g/mol. The summed E-state index contributed by atoms with van der Waals surface area (Å²) in [5, 5.41) is 0. The van der Waals surface area contributed by atoms with Crippen LogP contribution in [0.4, 0.5) is 0 Å². The van der Waals surface area contributed by atoms with Gasteiger partial charge in [-0.15, -0.1) is 0 Å². The molecule has 0 amide bonds. The monoisotopic (exact) mass is 358 g/mol. The lowest BCUT2D eigenvalue weighted by atomic mass is 10.1. The first-order chi connectivity index (χ1) is 12.6. The summed E-state index contributed by atoms with van der Waals surface area (Å²) in [6.45, 7) is 0. The van der Waals surface area contributed by atoms with E-state index in [0.29, 0.717) is 39.9 Å². The smallest absolute Gasteiger partial charge is 0.189 e. The molecule has 138 valence electrons. The number of carbonyl (C=O) groups excluding carboxylic acids is 1. The number of carbonyl (C=O) groups is 1. The van der Waals surface area contributed by atoms with E-state index < -0.39 is 0 Å². The van der Waals surface area contributed by atoms with Crippen molar-refractivity contribution in [1.82, 2.24) is 0 Å². The zero-order chi connectivity index (χ0) is 19.1. The Kier molecular flexibility index (Phi) is 6.49. The van der Waals surface area contributed by atoms with Crippen LogP contribution in [0.2, 0.25) is 0 Å². The molecule has 0 aromatic heterocycles. The van der Waals surface area contributed by atoms with Crippen LogP contribution in [0.25, 0.3) is 6.08 Å². The van der Waals surface area contributed by atoms with Crippen LogP contribution in [0.3, 0.4) is 0 Å². The summed E-state index contributed by atoms with van der Waals surface area (Å²) in [5.74, 6) is 2.26. The summed E-state index contributed by atoms with van der Waals surface area (Å²) in [6, 6.07) is 8.61. The quantitative estimate of drug-likeness (QED) is 0.530. The molecule has 0 heterocycles. The molecule has 2 rings (SSSR count). The number of para-hydroxylation sites is 1. The number of rotatable bonds is 8. The minimum Gasteiger partial charge on any atom is -0.497 e. The van der Waals surface area contributed by atoms with Gasteiger partial charge in [0.25, 0.3) is 0 Å². The Balaban J connectivity index is 2.43. The third-order valence-electron chi connectivity index (χ3n) is 3.80. The maximum absolute atomic E-state index is 12.6. The van der Waals surface area contributed by atoms with Gasteiger partial charge in [0.05, 0.1) is 41.1 Å². The van der Waals surface area contributed by atoms with Crippen molar-refractivity contribution in [3.8, 4) is 28.7 Å². The molecular weight excluding hydrogens is 336 g/mol. The van der Waals surface area contributed by atoms with E-state index in [4.69, 9.17) is 23.7 Å². The molecule has 0 aliphatic heterocycles. The highest BCUT2D eigenvalue weighted by atomic mass is 16.5. The van der Waals surface area contributed by atoms with Crippen molar-refractivity contribution in [1.29, 1.82) is 0 Å². The van der Waals surface area contributed by atoms with Gasteiger partial charge in [-0.05, 0) is 30.4 Å². The van der Waals surface area contributed by atoms with Gasteiger partial charge in [-0.1, -0.05) is 6.07 Å². The van der Waals surface area contributed by atoms with Crippen molar-refractivity contribution < 1.29 is 28.5 Å². The molecule has 0 radical (unpaired) electrons. The van der Waals surface area contributed by atoms with E-state index in [9.17, 15) is 4.79 Å². The van der Waals surface area contributed by atoms with Crippen LogP contribution in [0, 0.1) is 0 Å². The summed E-state index contributed by atoms with van der Waals surface area (Å²) in [7, 11) is 7.65. The summed E-state index contributed by atoms with van der Waals surface area (Å²) in [4.78, 5) is 12.6. The molecule has 26 heavy (non-hydrogen) atoms. The van der Waals surface area contributed by atoms with E-state index in [-0.39, 0.29) is 5.78 Å². The van der Waals surface area contributed by atoms with Gasteiger partial charge in [0.1, 0.15) is 5.75 Å². The number of ketones is 1. The van der Waals surface area contributed by atoms with Crippen molar-refractivity contribution in [2.75, 3.05) is 35.5 Å². The van der Waals surface area contributed by atoms with Gasteiger partial charge in [0.15, 0.2) is 28.8 Å². The highest BCUT2D eigenvalue weighted by Crippen LogP contribution is 2.37. The van der Waals surface area contributed by atoms with E-state index in [1.54, 1.807) is 43.5 Å². The minimum absolute atomic E-state index is 0.232. The lowest BCUT2D eigenvalue weighted by Crippen LogP contribution is -2.01. The molecule has 0 fully saturated rings. The van der Waals surface area contributed by atoms with E-state index in [0.717, 1.165) is 0 Å². The lowest BCUT2D eigenvalue weighted by Gasteiger charge is -2.13. The predicted octanol–water partition coefficient (Wildman–Crippen LogP) is 3.63. The molecule has 0 aliphatic carbocycles. The van der Waals surface area contributed by atoms with Gasteiger partial charge < -0.3 is 23.7 Å². The molecule has 0 saturated heterocycles. The van der Waals surface area contributed by atoms with Crippen LogP contribution >= 0.6 is 0 Å². The molecule has 2 aromatic carbocycles. The fourth-order valence-electron chi connectivity index (χ4n) is 2.55. The fraction of sp³-hybridized carbons (Fsp3) is 0.250. The Morgan fingerprint density at radius 3 is 2.08 bits per heavy atom. The summed E-state index contributed by atoms with van der Waals surface area (Å²) >= 11 is 0. The van der Waals surface area contributed by atoms with Crippen molar-refractivity contribution >= 4 is 11.9 Å². The van der Waals surface area contributed by atoms with E-state index in [2.05, 4.69) is 0 Å². The second kappa shape index (κ2) is 8.80. The first-order valence-corrected chi connectivity index (χ1v) is 7.83. The Hall–Kier alpha value is -3.15. The maximum atomic E-state index is 12.6. The number of methoxy groups -OCH3 is 5. The number of allylic oxidation sites excluding steroid dienone is 1. The third kappa shape index (κ3) is 3.91. The molecule has 0 N–H and O–H groups in total. The molecule has 0 spiro atoms. The van der Waals surface area contributed by atoms with Gasteiger partial charge in [-0.2, -0.15) is 0 Å². The zero-order valence-electron chi connectivity index (χ0n) is 15.5. The summed E-state index contributed by atoms with van der Waals surface area (Å²) in [5.41, 5.74) is 1.05. The van der Waals surface area contributed by atoms with Crippen LogP contribution < -0.4 is 23.7 Å². The van der Waals surface area contributed by atoms with Crippen molar-refractivity contribution in [3.05, 3.63) is 47.5 Å². The van der Waals surface area contributed by atoms with Crippen LogP contribution in [0.1, 0.15) is 15.9 Å². The second-order valence-corrected chi connectivity index (χ2v) is 5.19. The van der Waals surface area contributed by atoms with Crippen LogP contribution in [-0.4, -0.2) is 41.3 Å². The second-order valence-electron chi connectivity index (χ2n) is 5.19. The molecule has 2 aromatic rings. The number of hydrogen-bond acceptors (Lipinski definition) is 6. The summed E-state index contributed by atoms with van der Waals surface area (Å²) in [6.07, 6.45) is 3.08. The Morgan fingerprint density at radius 1 is 0.808 bits per heavy atom. The van der Waals surface area contributed by atoms with Gasteiger partial charge in [-0.25, -0.2) is 0 Å². The Morgan fingerprint density at radius 2 is 1.50 bits per heavy atom. The third-order valence-corrected chi connectivity index (χ3v) is 3.80. The molecule has 0 saturated carbocycles. The molecule has 0 bridgehead atoms. The first kappa shape index (κ1) is 19.2. The summed E-state index contributed by atoms with van der Waals surface area (Å²) < 4.78 is 26.5. The normalized spacial score (nSPS) is 10.5. The van der Waals surface area contributed by atoms with Crippen LogP contribution in [0.5, 0.6) is 28.7 Å². The average Bonchev–Trinajstić information content (AvgIpc) is 2.70. The minimum atomic E-state index is -0.232. The highest BCUT2D eigenvalue weighted by molar-refractivity contribution is 6.09. The molecular formula is C20H22O6. The van der Waals surface area contributed by atoms with Crippen molar-refractivity contribution in [3.63, 3.8) is 0 Å². The van der Waals surface area contributed by atoms with Crippen LogP contribution in [-0.2, 0) is 0 Å². The highest BCUT2D eigenvalue weighted by Gasteiger charge is 2.15. The fourth-order valence-corrected chi connectivity index (χ4v) is 2.55. The predicted molar refractivity (Wildman–Crippen MR) is 99.0 cm³/mol. The molecule has 0 unspecified atom stereocenters. The standard InChI is InChI=1S/C20H22O6/c1-22-14-11-13(19(25-4)18(12-14)24-3)9-10-16(21)15-7-6-8-17(23-2)20(15)26-5/h6-12H,1-5H3/b10-9+. The SMILES string of the molecule is COc1cc(/C=C/C(=O)c2cccc(OC)c2OC)c(OC)c(OC)c1. The lowest BCUT2D eigenvalue weighted by molar-refractivity contribution is 0.104. The van der Waals surface area contributed by atoms with Crippen molar-refractivity contribution in [2.24, 2.45) is 0 Å². The molecule has 6 heteroatoms.